The zero-order valence-corrected chi connectivity index (χ0v) is 23.3. The maximum atomic E-state index is 11.4. The highest BCUT2D eigenvalue weighted by Gasteiger charge is 2.18. The Bertz CT molecular complexity index is 1410. The lowest BCUT2D eigenvalue weighted by molar-refractivity contribution is -0.140. The molecule has 2 heterocycles. The highest BCUT2D eigenvalue weighted by molar-refractivity contribution is 7.15. The highest BCUT2D eigenvalue weighted by atomic mass is 32.1. The molecule has 5 rings (SSSR count). The van der Waals surface area contributed by atoms with Gasteiger partial charge in [-0.25, -0.2) is 9.78 Å². The summed E-state index contributed by atoms with van der Waals surface area (Å²) in [6.45, 7) is 7.00. The first-order valence-corrected chi connectivity index (χ1v) is 14.5. The van der Waals surface area contributed by atoms with Gasteiger partial charge in [-0.05, 0) is 93.5 Å². The minimum absolute atomic E-state index is 0.544. The maximum absolute atomic E-state index is 11.4. The second-order valence-electron chi connectivity index (χ2n) is 10.1. The van der Waals surface area contributed by atoms with Crippen molar-refractivity contribution in [1.82, 2.24) is 9.55 Å². The standard InChI is InChI=1S/C31H36N2O4S/c1-4-8-22-17-23(30-32-26-9-5-6-10-29(26)38-30)11-14-28(22)37-16-7-15-36-24-12-13-27-25(18-24)20(2)19-33(27)21(3)31(34)35/h11-14,17-19,21H,4-10,15-16H2,1-3H3,(H,34,35)/t21-/m1/s1. The fraction of sp³-hybridized carbons (Fsp3) is 0.419. The van der Waals surface area contributed by atoms with E-state index in [1.54, 1.807) is 11.5 Å². The van der Waals surface area contributed by atoms with Crippen LogP contribution in [0.5, 0.6) is 11.5 Å². The quantitative estimate of drug-likeness (QED) is 0.204. The SMILES string of the molecule is CCCc1cc(-c2nc3c(s2)CCCC3)ccc1OCCCOc1ccc2c(c1)c(C)cn2[C@H](C)C(=O)O. The first-order valence-electron chi connectivity index (χ1n) is 13.7. The molecular weight excluding hydrogens is 496 g/mol. The van der Waals surface area contributed by atoms with Crippen LogP contribution in [-0.2, 0) is 24.1 Å². The third-order valence-corrected chi connectivity index (χ3v) is 8.47. The molecule has 2 aromatic heterocycles. The van der Waals surface area contributed by atoms with Gasteiger partial charge in [0.1, 0.15) is 22.5 Å². The molecule has 0 aliphatic heterocycles. The summed E-state index contributed by atoms with van der Waals surface area (Å²) in [6, 6.07) is 11.7. The van der Waals surface area contributed by atoms with Crippen molar-refractivity contribution in [3.05, 3.63) is 64.3 Å². The van der Waals surface area contributed by atoms with E-state index in [-0.39, 0.29) is 0 Å². The second kappa shape index (κ2) is 11.6. The third-order valence-electron chi connectivity index (χ3n) is 7.27. The summed E-state index contributed by atoms with van der Waals surface area (Å²) in [6.07, 6.45) is 9.50. The predicted molar refractivity (Wildman–Crippen MR) is 153 cm³/mol. The first-order chi connectivity index (χ1) is 18.4. The molecular formula is C31H36N2O4S. The van der Waals surface area contributed by atoms with Gasteiger partial charge in [0.2, 0.25) is 0 Å². The summed E-state index contributed by atoms with van der Waals surface area (Å²) in [4.78, 5) is 17.8. The van der Waals surface area contributed by atoms with Crippen LogP contribution in [0, 0.1) is 6.92 Å². The van der Waals surface area contributed by atoms with Crippen LogP contribution in [0.25, 0.3) is 21.5 Å². The average molecular weight is 533 g/mol. The van der Waals surface area contributed by atoms with Gasteiger partial charge in [-0.1, -0.05) is 13.3 Å². The Balaban J connectivity index is 1.18. The molecule has 0 saturated heterocycles. The van der Waals surface area contributed by atoms with E-state index in [0.29, 0.717) is 13.2 Å². The van der Waals surface area contributed by atoms with Crippen molar-refractivity contribution in [3.8, 4) is 22.1 Å². The number of benzene rings is 2. The molecule has 0 saturated carbocycles. The van der Waals surface area contributed by atoms with Gasteiger partial charge in [-0.3, -0.25) is 0 Å². The Morgan fingerprint density at radius 1 is 1.13 bits per heavy atom. The lowest BCUT2D eigenvalue weighted by atomic mass is 10.0. The minimum Gasteiger partial charge on any atom is -0.493 e. The fourth-order valence-corrected chi connectivity index (χ4v) is 6.30. The van der Waals surface area contributed by atoms with Gasteiger partial charge in [0, 0.05) is 34.0 Å². The van der Waals surface area contributed by atoms with Crippen molar-refractivity contribution in [1.29, 1.82) is 0 Å². The van der Waals surface area contributed by atoms with Crippen molar-refractivity contribution < 1.29 is 19.4 Å². The van der Waals surface area contributed by atoms with E-state index >= 15 is 0 Å². The molecule has 0 amide bonds. The van der Waals surface area contributed by atoms with Gasteiger partial charge in [0.25, 0.3) is 0 Å². The van der Waals surface area contributed by atoms with Gasteiger partial charge in [0.05, 0.1) is 18.9 Å². The zero-order chi connectivity index (χ0) is 26.6. The lowest BCUT2D eigenvalue weighted by Gasteiger charge is -2.13. The number of fused-ring (bicyclic) bond motifs is 2. The first kappa shape index (κ1) is 26.3. The van der Waals surface area contributed by atoms with Crippen molar-refractivity contribution in [2.75, 3.05) is 13.2 Å². The number of hydrogen-bond donors (Lipinski definition) is 1. The number of aromatic nitrogens is 2. The Hall–Kier alpha value is -3.32. The van der Waals surface area contributed by atoms with Gasteiger partial charge in [0.15, 0.2) is 0 Å². The number of carbonyl (C=O) groups is 1. The number of aryl methyl sites for hydroxylation is 4. The molecule has 4 aromatic rings. The number of carboxylic acid groups (broad SMARTS) is 1. The van der Waals surface area contributed by atoms with Crippen LogP contribution in [0.3, 0.4) is 0 Å². The van der Waals surface area contributed by atoms with Crippen LogP contribution >= 0.6 is 11.3 Å². The van der Waals surface area contributed by atoms with Crippen molar-refractivity contribution >= 4 is 28.2 Å². The summed E-state index contributed by atoms with van der Waals surface area (Å²) in [5, 5.41) is 11.5. The second-order valence-corrected chi connectivity index (χ2v) is 11.2. The summed E-state index contributed by atoms with van der Waals surface area (Å²) in [5.41, 5.74) is 5.67. The van der Waals surface area contributed by atoms with Crippen LogP contribution in [0.1, 0.15) is 67.3 Å². The average Bonchev–Trinajstić information content (AvgIpc) is 3.50. The van der Waals surface area contributed by atoms with Gasteiger partial charge < -0.3 is 19.1 Å². The number of aliphatic carboxylic acids is 1. The maximum Gasteiger partial charge on any atom is 0.326 e. The molecule has 0 unspecified atom stereocenters. The van der Waals surface area contributed by atoms with E-state index < -0.39 is 12.0 Å². The number of ether oxygens (including phenoxy) is 2. The van der Waals surface area contributed by atoms with Gasteiger partial charge in [-0.15, -0.1) is 11.3 Å². The molecule has 6 nitrogen and oxygen atoms in total. The Labute approximate surface area is 228 Å². The molecule has 1 aliphatic carbocycles. The summed E-state index contributed by atoms with van der Waals surface area (Å²) >= 11 is 1.85. The van der Waals surface area contributed by atoms with Crippen LogP contribution in [0.2, 0.25) is 0 Å². The fourth-order valence-electron chi connectivity index (χ4n) is 5.16. The van der Waals surface area contributed by atoms with E-state index in [0.717, 1.165) is 58.7 Å². The van der Waals surface area contributed by atoms with E-state index in [1.807, 2.05) is 42.7 Å². The van der Waals surface area contributed by atoms with E-state index in [2.05, 4.69) is 25.1 Å². The smallest absolute Gasteiger partial charge is 0.326 e. The molecule has 0 radical (unpaired) electrons. The molecule has 2 aromatic carbocycles. The third kappa shape index (κ3) is 5.58. The minimum atomic E-state index is -0.846. The number of carboxylic acids is 1. The lowest BCUT2D eigenvalue weighted by Crippen LogP contribution is -2.14. The Morgan fingerprint density at radius 2 is 1.95 bits per heavy atom. The van der Waals surface area contributed by atoms with E-state index in [1.165, 1.54) is 41.0 Å². The summed E-state index contributed by atoms with van der Waals surface area (Å²) in [7, 11) is 0. The van der Waals surface area contributed by atoms with Crippen LogP contribution in [0.4, 0.5) is 0 Å². The largest absolute Gasteiger partial charge is 0.493 e. The van der Waals surface area contributed by atoms with Crippen LogP contribution < -0.4 is 9.47 Å². The van der Waals surface area contributed by atoms with Gasteiger partial charge >= 0.3 is 5.97 Å². The van der Waals surface area contributed by atoms with Crippen molar-refractivity contribution in [2.24, 2.45) is 0 Å². The van der Waals surface area contributed by atoms with Gasteiger partial charge in [-0.2, -0.15) is 0 Å². The molecule has 0 spiro atoms. The molecule has 200 valence electrons. The number of thiazole rings is 1. The summed E-state index contributed by atoms with van der Waals surface area (Å²) in [5.74, 6) is 0.882. The molecule has 7 heteroatoms. The predicted octanol–water partition coefficient (Wildman–Crippen LogP) is 7.40. The van der Waals surface area contributed by atoms with Crippen LogP contribution in [0.15, 0.2) is 42.6 Å². The number of hydrogen-bond acceptors (Lipinski definition) is 5. The molecule has 0 bridgehead atoms. The monoisotopic (exact) mass is 532 g/mol. The summed E-state index contributed by atoms with van der Waals surface area (Å²) < 4.78 is 14.0. The highest BCUT2D eigenvalue weighted by Crippen LogP contribution is 2.35. The molecule has 1 atom stereocenters. The van der Waals surface area contributed by atoms with E-state index in [4.69, 9.17) is 14.5 Å². The normalized spacial score (nSPS) is 13.9. The van der Waals surface area contributed by atoms with E-state index in [9.17, 15) is 9.90 Å². The molecule has 38 heavy (non-hydrogen) atoms. The van der Waals surface area contributed by atoms with Crippen molar-refractivity contribution in [3.63, 3.8) is 0 Å². The van der Waals surface area contributed by atoms with Crippen LogP contribution in [-0.4, -0.2) is 33.8 Å². The Kier molecular flexibility index (Phi) is 8.03. The van der Waals surface area contributed by atoms with Crippen molar-refractivity contribution in [2.45, 2.75) is 71.8 Å². The molecule has 1 N–H and O–H groups in total. The Morgan fingerprint density at radius 3 is 2.74 bits per heavy atom. The number of nitrogens with zero attached hydrogens (tertiary/aromatic N) is 2. The number of rotatable bonds is 11. The zero-order valence-electron chi connectivity index (χ0n) is 22.5. The molecule has 0 fully saturated rings. The molecule has 1 aliphatic rings. The topological polar surface area (TPSA) is 73.6 Å².